The highest BCUT2D eigenvalue weighted by Crippen LogP contribution is 2.47. The maximum absolute atomic E-state index is 12.5. The zero-order valence-electron chi connectivity index (χ0n) is 20.4. The molecule has 13 heteroatoms. The van der Waals surface area contributed by atoms with Gasteiger partial charge in [-0.2, -0.15) is 0 Å². The Hall–Kier alpha value is -4.23. The van der Waals surface area contributed by atoms with Gasteiger partial charge in [-0.1, -0.05) is 5.16 Å². The first-order chi connectivity index (χ1) is 17.7. The number of hydrogen-bond acceptors (Lipinski definition) is 10. The van der Waals surface area contributed by atoms with Gasteiger partial charge < -0.3 is 36.8 Å². The molecule has 1 aliphatic heterocycles. The molecule has 0 unspecified atom stereocenters. The fourth-order valence-electron chi connectivity index (χ4n) is 4.01. The molecule has 0 radical (unpaired) electrons. The lowest BCUT2D eigenvalue weighted by atomic mass is 9.98. The summed E-state index contributed by atoms with van der Waals surface area (Å²) in [7, 11) is 1.42. The molecule has 0 spiro atoms. The standard InChI is InChI=1S/C24H29N7O6/c1-35-18-10-14(22(33)37-30-20(25)13-31-6-8-36-9-7-31)2-3-16(18)29-17-12-28-19(11-15(17)21(26)32)24(4-5-24)23(27)34/h2-3,10-12,29H,4-9,13H2,1H3,(H2,25,30)(H2,26,32)(H2,27,34). The Morgan fingerprint density at radius 3 is 2.49 bits per heavy atom. The number of carbonyl (C=O) groups excluding carboxylic acids is 3. The van der Waals surface area contributed by atoms with Gasteiger partial charge in [-0.3, -0.25) is 19.5 Å². The zero-order chi connectivity index (χ0) is 26.6. The van der Waals surface area contributed by atoms with Crippen molar-refractivity contribution in [3.05, 3.63) is 47.3 Å². The van der Waals surface area contributed by atoms with E-state index < -0.39 is 23.2 Å². The average Bonchev–Trinajstić information content (AvgIpc) is 3.70. The summed E-state index contributed by atoms with van der Waals surface area (Å²) in [5, 5.41) is 6.77. The molecule has 1 saturated heterocycles. The van der Waals surface area contributed by atoms with Gasteiger partial charge in [0.25, 0.3) is 5.91 Å². The van der Waals surface area contributed by atoms with E-state index in [1.807, 2.05) is 4.90 Å². The van der Waals surface area contributed by atoms with E-state index in [0.717, 1.165) is 13.1 Å². The Labute approximate surface area is 212 Å². The molecule has 2 aliphatic rings. The fourth-order valence-corrected chi connectivity index (χ4v) is 4.01. The summed E-state index contributed by atoms with van der Waals surface area (Å²) in [6.07, 6.45) is 2.54. The van der Waals surface area contributed by atoms with Crippen LogP contribution in [0.1, 0.15) is 39.3 Å². The number of amidine groups is 1. The van der Waals surface area contributed by atoms with Crippen molar-refractivity contribution in [1.82, 2.24) is 9.88 Å². The van der Waals surface area contributed by atoms with Crippen LogP contribution in [0.25, 0.3) is 0 Å². The van der Waals surface area contributed by atoms with Crippen LogP contribution < -0.4 is 27.3 Å². The third-order valence-corrected chi connectivity index (χ3v) is 6.32. The molecule has 0 atom stereocenters. The molecule has 37 heavy (non-hydrogen) atoms. The third-order valence-electron chi connectivity index (χ3n) is 6.32. The van der Waals surface area contributed by atoms with Crippen LogP contribution in [-0.4, -0.2) is 73.5 Å². The van der Waals surface area contributed by atoms with Crippen molar-refractivity contribution in [2.75, 3.05) is 45.3 Å². The van der Waals surface area contributed by atoms with Crippen LogP contribution in [0.4, 0.5) is 11.4 Å². The number of carbonyl (C=O) groups is 3. The molecule has 2 fully saturated rings. The number of rotatable bonds is 10. The van der Waals surface area contributed by atoms with Crippen molar-refractivity contribution in [1.29, 1.82) is 0 Å². The smallest absolute Gasteiger partial charge is 0.365 e. The number of primary amides is 2. The number of benzene rings is 1. The molecule has 1 saturated carbocycles. The second-order valence-corrected chi connectivity index (χ2v) is 8.82. The van der Waals surface area contributed by atoms with Crippen LogP contribution in [-0.2, 0) is 19.8 Å². The molecular formula is C24H29N7O6. The van der Waals surface area contributed by atoms with E-state index in [9.17, 15) is 14.4 Å². The van der Waals surface area contributed by atoms with Crippen LogP contribution in [0.15, 0.2) is 35.6 Å². The van der Waals surface area contributed by atoms with E-state index in [4.69, 9.17) is 31.5 Å². The Bertz CT molecular complexity index is 1240. The highest BCUT2D eigenvalue weighted by Gasteiger charge is 2.51. The number of nitrogens with two attached hydrogens (primary N) is 3. The molecule has 2 amide bonds. The van der Waals surface area contributed by atoms with Crippen molar-refractivity contribution in [3.8, 4) is 5.75 Å². The highest BCUT2D eigenvalue weighted by molar-refractivity contribution is 6.00. The van der Waals surface area contributed by atoms with Crippen LogP contribution in [0, 0.1) is 0 Å². The lowest BCUT2D eigenvalue weighted by molar-refractivity contribution is -0.120. The molecule has 13 nitrogen and oxygen atoms in total. The molecule has 2 aromatic rings. The summed E-state index contributed by atoms with van der Waals surface area (Å²) >= 11 is 0. The molecule has 7 N–H and O–H groups in total. The van der Waals surface area contributed by atoms with Gasteiger partial charge in [-0.05, 0) is 37.1 Å². The van der Waals surface area contributed by atoms with E-state index in [0.29, 0.717) is 49.7 Å². The zero-order valence-corrected chi connectivity index (χ0v) is 20.4. The molecular weight excluding hydrogens is 482 g/mol. The van der Waals surface area contributed by atoms with Gasteiger partial charge in [-0.15, -0.1) is 0 Å². The molecule has 0 bridgehead atoms. The first-order valence-corrected chi connectivity index (χ1v) is 11.6. The van der Waals surface area contributed by atoms with E-state index in [1.165, 1.54) is 31.5 Å². The van der Waals surface area contributed by atoms with Crippen LogP contribution in [0.5, 0.6) is 5.75 Å². The van der Waals surface area contributed by atoms with Gasteiger partial charge in [0.15, 0.2) is 5.84 Å². The summed E-state index contributed by atoms with van der Waals surface area (Å²) in [4.78, 5) is 47.9. The maximum atomic E-state index is 12.5. The number of aromatic nitrogens is 1. The lowest BCUT2D eigenvalue weighted by Crippen LogP contribution is -2.41. The molecule has 1 aliphatic carbocycles. The van der Waals surface area contributed by atoms with E-state index in [2.05, 4.69) is 15.5 Å². The van der Waals surface area contributed by atoms with Crippen LogP contribution in [0.3, 0.4) is 0 Å². The van der Waals surface area contributed by atoms with E-state index in [-0.39, 0.29) is 22.7 Å². The summed E-state index contributed by atoms with van der Waals surface area (Å²) in [5.74, 6) is -1.47. The number of methoxy groups -OCH3 is 1. The van der Waals surface area contributed by atoms with Gasteiger partial charge >= 0.3 is 5.97 Å². The predicted molar refractivity (Wildman–Crippen MR) is 133 cm³/mol. The summed E-state index contributed by atoms with van der Waals surface area (Å²) in [5.41, 5.74) is 17.6. The molecule has 4 rings (SSSR count). The number of hydrogen-bond donors (Lipinski definition) is 4. The monoisotopic (exact) mass is 511 g/mol. The minimum Gasteiger partial charge on any atom is -0.495 e. The Balaban J connectivity index is 1.48. The van der Waals surface area contributed by atoms with Gasteiger partial charge in [0.1, 0.15) is 5.75 Å². The Kier molecular flexibility index (Phi) is 7.55. The number of ether oxygens (including phenoxy) is 2. The van der Waals surface area contributed by atoms with Gasteiger partial charge in [0.2, 0.25) is 5.91 Å². The summed E-state index contributed by atoms with van der Waals surface area (Å²) < 4.78 is 10.7. The number of nitrogens with zero attached hydrogens (tertiary/aromatic N) is 3. The quantitative estimate of drug-likeness (QED) is 0.148. The minimum atomic E-state index is -0.865. The van der Waals surface area contributed by atoms with Gasteiger partial charge in [0.05, 0.1) is 66.7 Å². The number of morpholine rings is 1. The lowest BCUT2D eigenvalue weighted by Gasteiger charge is -2.25. The van der Waals surface area contributed by atoms with E-state index >= 15 is 0 Å². The first kappa shape index (κ1) is 25.9. The Morgan fingerprint density at radius 2 is 1.86 bits per heavy atom. The van der Waals surface area contributed by atoms with Gasteiger partial charge in [0, 0.05) is 13.1 Å². The average molecular weight is 512 g/mol. The number of anilines is 2. The molecule has 1 aromatic carbocycles. The number of amides is 2. The maximum Gasteiger partial charge on any atom is 0.365 e. The van der Waals surface area contributed by atoms with Crippen LogP contribution in [0.2, 0.25) is 0 Å². The SMILES string of the molecule is COc1cc(C(=O)O/N=C(\N)CN2CCOCC2)ccc1Nc1cnc(C2(C(N)=O)CC2)cc1C(N)=O. The minimum absolute atomic E-state index is 0.133. The number of oxime groups is 1. The number of nitrogens with one attached hydrogen (secondary N) is 1. The Morgan fingerprint density at radius 1 is 1.14 bits per heavy atom. The second kappa shape index (κ2) is 10.8. The third kappa shape index (κ3) is 5.78. The summed E-state index contributed by atoms with van der Waals surface area (Å²) in [6.45, 7) is 3.03. The van der Waals surface area contributed by atoms with Crippen LogP contribution >= 0.6 is 0 Å². The van der Waals surface area contributed by atoms with Crippen molar-refractivity contribution in [3.63, 3.8) is 0 Å². The largest absolute Gasteiger partial charge is 0.495 e. The number of pyridine rings is 1. The summed E-state index contributed by atoms with van der Waals surface area (Å²) in [6, 6.07) is 6.00. The predicted octanol–water partition coefficient (Wildman–Crippen LogP) is 0.211. The van der Waals surface area contributed by atoms with Crippen molar-refractivity contribution in [2.24, 2.45) is 22.4 Å². The van der Waals surface area contributed by atoms with E-state index in [1.54, 1.807) is 6.07 Å². The molecule has 196 valence electrons. The van der Waals surface area contributed by atoms with Crippen molar-refractivity contribution in [2.45, 2.75) is 18.3 Å². The fraction of sp³-hybridized carbons (Fsp3) is 0.375. The first-order valence-electron chi connectivity index (χ1n) is 11.6. The van der Waals surface area contributed by atoms with Gasteiger partial charge in [-0.25, -0.2) is 4.79 Å². The topological polar surface area (TPSA) is 197 Å². The second-order valence-electron chi connectivity index (χ2n) is 8.82. The highest BCUT2D eigenvalue weighted by atomic mass is 16.7. The normalized spacial score (nSPS) is 17.1. The van der Waals surface area contributed by atoms with Crippen molar-refractivity contribution >= 4 is 35.0 Å². The molecule has 1 aromatic heterocycles. The van der Waals surface area contributed by atoms with Crippen molar-refractivity contribution < 1.29 is 28.7 Å². The molecule has 2 heterocycles.